The molecule has 1 saturated heterocycles. The zero-order valence-electron chi connectivity index (χ0n) is 15.4. The first-order valence-electron chi connectivity index (χ1n) is 8.80. The van der Waals surface area contributed by atoms with Crippen molar-refractivity contribution in [1.29, 1.82) is 0 Å². The lowest BCUT2D eigenvalue weighted by molar-refractivity contribution is -0.147. The summed E-state index contributed by atoms with van der Waals surface area (Å²) in [5.41, 5.74) is 1.43. The van der Waals surface area contributed by atoms with Crippen molar-refractivity contribution in [1.82, 2.24) is 9.88 Å². The molecule has 2 aromatic rings. The van der Waals surface area contributed by atoms with E-state index in [9.17, 15) is 14.4 Å². The Bertz CT molecular complexity index is 868. The molecule has 148 valence electrons. The molecule has 9 heteroatoms. The molecule has 0 N–H and O–H groups in total. The van der Waals surface area contributed by atoms with Crippen LogP contribution in [0.1, 0.15) is 24.1 Å². The Morgan fingerprint density at radius 3 is 2.71 bits per heavy atom. The average Bonchev–Trinajstić information content (AvgIpc) is 3.31. The minimum Gasteiger partial charge on any atom is -0.468 e. The second-order valence-corrected chi connectivity index (χ2v) is 7.67. The number of methoxy groups -OCH3 is 1. The van der Waals surface area contributed by atoms with Crippen molar-refractivity contribution >= 4 is 45.9 Å². The molecule has 7 nitrogen and oxygen atoms in total. The monoisotopic (exact) mass is 421 g/mol. The molecule has 1 aliphatic rings. The predicted octanol–water partition coefficient (Wildman–Crippen LogP) is 2.67. The van der Waals surface area contributed by atoms with Crippen molar-refractivity contribution < 1.29 is 19.1 Å². The fraction of sp³-hybridized carbons (Fsp3) is 0.368. The van der Waals surface area contributed by atoms with Gasteiger partial charge in [0, 0.05) is 29.9 Å². The molecule has 0 atom stereocenters. The molecule has 2 heterocycles. The molecule has 28 heavy (non-hydrogen) atoms. The van der Waals surface area contributed by atoms with Crippen LogP contribution in [0, 0.1) is 0 Å². The number of carbonyl (C=O) groups excluding carboxylic acids is 3. The Balaban J connectivity index is 1.69. The molecule has 0 spiro atoms. The summed E-state index contributed by atoms with van der Waals surface area (Å²) in [6.07, 6.45) is 1.39. The van der Waals surface area contributed by atoms with E-state index in [4.69, 9.17) is 16.3 Å². The molecular formula is C19H20ClN3O4S. The summed E-state index contributed by atoms with van der Waals surface area (Å²) in [7, 11) is 1.28. The molecule has 1 aromatic carbocycles. The molecule has 0 bridgehead atoms. The van der Waals surface area contributed by atoms with Crippen molar-refractivity contribution in [3.8, 4) is 0 Å². The largest absolute Gasteiger partial charge is 0.468 e. The maximum atomic E-state index is 12.8. The van der Waals surface area contributed by atoms with Gasteiger partial charge in [0.2, 0.25) is 11.8 Å². The fourth-order valence-corrected chi connectivity index (χ4v) is 3.88. The minimum atomic E-state index is -0.496. The van der Waals surface area contributed by atoms with Gasteiger partial charge in [0.05, 0.1) is 19.2 Å². The number of hydrogen-bond donors (Lipinski definition) is 0. The zero-order valence-corrected chi connectivity index (χ0v) is 17.0. The van der Waals surface area contributed by atoms with Gasteiger partial charge in [0.15, 0.2) is 5.13 Å². The third-order valence-corrected chi connectivity index (χ3v) is 5.53. The smallest absolute Gasteiger partial charge is 0.325 e. The van der Waals surface area contributed by atoms with Gasteiger partial charge in [-0.05, 0) is 24.1 Å². The molecule has 3 rings (SSSR count). The maximum Gasteiger partial charge on any atom is 0.325 e. The first-order chi connectivity index (χ1) is 13.5. The molecular weight excluding hydrogens is 402 g/mol. The zero-order chi connectivity index (χ0) is 20.1. The highest BCUT2D eigenvalue weighted by Crippen LogP contribution is 2.25. The Labute approximate surface area is 171 Å². The van der Waals surface area contributed by atoms with Crippen molar-refractivity contribution in [2.45, 2.75) is 25.8 Å². The van der Waals surface area contributed by atoms with Gasteiger partial charge in [-0.25, -0.2) is 4.98 Å². The van der Waals surface area contributed by atoms with Gasteiger partial charge in [-0.1, -0.05) is 23.7 Å². The second kappa shape index (κ2) is 9.16. The summed E-state index contributed by atoms with van der Waals surface area (Å²) < 4.78 is 4.71. The SMILES string of the molecule is COC(=O)CN(Cc1ccc(Cl)cc1)C(=O)Cc1csc(N2CCCC2=O)n1. The first kappa shape index (κ1) is 20.3. The highest BCUT2D eigenvalue weighted by molar-refractivity contribution is 7.14. The number of amides is 2. The van der Waals surface area contributed by atoms with Gasteiger partial charge < -0.3 is 9.64 Å². The Morgan fingerprint density at radius 2 is 2.07 bits per heavy atom. The average molecular weight is 422 g/mol. The number of nitrogens with zero attached hydrogens (tertiary/aromatic N) is 3. The Hall–Kier alpha value is -2.45. The van der Waals surface area contributed by atoms with Gasteiger partial charge in [-0.3, -0.25) is 19.3 Å². The van der Waals surface area contributed by atoms with Crippen LogP contribution in [0.5, 0.6) is 0 Å². The van der Waals surface area contributed by atoms with Crippen molar-refractivity contribution in [3.05, 3.63) is 45.9 Å². The van der Waals surface area contributed by atoms with Crippen LogP contribution in [0.15, 0.2) is 29.6 Å². The van der Waals surface area contributed by atoms with Crippen LogP contribution < -0.4 is 4.90 Å². The van der Waals surface area contributed by atoms with Gasteiger partial charge >= 0.3 is 5.97 Å². The molecule has 1 aromatic heterocycles. The number of halogens is 1. The van der Waals surface area contributed by atoms with E-state index >= 15 is 0 Å². The number of benzene rings is 1. The lowest BCUT2D eigenvalue weighted by Crippen LogP contribution is -2.36. The summed E-state index contributed by atoms with van der Waals surface area (Å²) >= 11 is 7.25. The lowest BCUT2D eigenvalue weighted by Gasteiger charge is -2.21. The molecule has 0 unspecified atom stereocenters. The molecule has 2 amide bonds. The number of rotatable bonds is 7. The molecule has 0 radical (unpaired) electrons. The Morgan fingerprint density at radius 1 is 1.32 bits per heavy atom. The Kier molecular flexibility index (Phi) is 6.64. The van der Waals surface area contributed by atoms with Crippen LogP contribution in [0.3, 0.4) is 0 Å². The van der Waals surface area contributed by atoms with E-state index in [0.29, 0.717) is 28.8 Å². The summed E-state index contributed by atoms with van der Waals surface area (Å²) in [5.74, 6) is -0.684. The molecule has 0 saturated carbocycles. The summed E-state index contributed by atoms with van der Waals surface area (Å²) in [6, 6.07) is 7.08. The fourth-order valence-electron chi connectivity index (χ4n) is 2.88. The minimum absolute atomic E-state index is 0.0448. The van der Waals surface area contributed by atoms with Crippen LogP contribution in [-0.4, -0.2) is 47.9 Å². The van der Waals surface area contributed by atoms with Crippen LogP contribution in [0.2, 0.25) is 5.02 Å². The summed E-state index contributed by atoms with van der Waals surface area (Å²) in [5, 5.41) is 2.99. The second-order valence-electron chi connectivity index (χ2n) is 6.40. The highest BCUT2D eigenvalue weighted by atomic mass is 35.5. The molecule has 0 aliphatic carbocycles. The summed E-state index contributed by atoms with van der Waals surface area (Å²) in [4.78, 5) is 43.9. The van der Waals surface area contributed by atoms with E-state index in [2.05, 4.69) is 4.98 Å². The van der Waals surface area contributed by atoms with E-state index in [1.165, 1.54) is 23.3 Å². The number of hydrogen-bond acceptors (Lipinski definition) is 6. The first-order valence-corrected chi connectivity index (χ1v) is 10.1. The van der Waals surface area contributed by atoms with Gasteiger partial charge in [0.25, 0.3) is 0 Å². The van der Waals surface area contributed by atoms with Crippen LogP contribution >= 0.6 is 22.9 Å². The van der Waals surface area contributed by atoms with Crippen LogP contribution in [0.4, 0.5) is 5.13 Å². The normalized spacial score (nSPS) is 13.6. The number of thiazole rings is 1. The topological polar surface area (TPSA) is 79.8 Å². The standard InChI is InChI=1S/C19H20ClN3O4S/c1-27-18(26)11-22(10-13-4-6-14(20)7-5-13)17(25)9-15-12-28-19(21-15)23-8-2-3-16(23)24/h4-7,12H,2-3,8-11H2,1H3. The maximum absolute atomic E-state index is 12.8. The van der Waals surface area contributed by atoms with E-state index in [1.54, 1.807) is 34.5 Å². The van der Waals surface area contributed by atoms with E-state index in [-0.39, 0.29) is 31.3 Å². The quantitative estimate of drug-likeness (QED) is 0.642. The van der Waals surface area contributed by atoms with Crippen molar-refractivity contribution in [3.63, 3.8) is 0 Å². The summed E-state index contributed by atoms with van der Waals surface area (Å²) in [6.45, 7) is 0.761. The number of aromatic nitrogens is 1. The van der Waals surface area contributed by atoms with Gasteiger partial charge in [0.1, 0.15) is 6.54 Å². The van der Waals surface area contributed by atoms with Gasteiger partial charge in [-0.15, -0.1) is 11.3 Å². The highest BCUT2D eigenvalue weighted by Gasteiger charge is 2.25. The third kappa shape index (κ3) is 5.08. The van der Waals surface area contributed by atoms with Crippen molar-refractivity contribution in [2.75, 3.05) is 25.1 Å². The van der Waals surface area contributed by atoms with Crippen molar-refractivity contribution in [2.24, 2.45) is 0 Å². The number of esters is 1. The number of anilines is 1. The molecule has 1 aliphatic heterocycles. The van der Waals surface area contributed by atoms with Gasteiger partial charge in [-0.2, -0.15) is 0 Å². The van der Waals surface area contributed by atoms with E-state index in [1.807, 2.05) is 0 Å². The predicted molar refractivity (Wildman–Crippen MR) is 106 cm³/mol. The molecule has 1 fully saturated rings. The van der Waals surface area contributed by atoms with Crippen LogP contribution in [-0.2, 0) is 32.1 Å². The van der Waals surface area contributed by atoms with E-state index in [0.717, 1.165) is 12.0 Å². The van der Waals surface area contributed by atoms with Crippen LogP contribution in [0.25, 0.3) is 0 Å². The van der Waals surface area contributed by atoms with E-state index < -0.39 is 5.97 Å². The number of ether oxygens (including phenoxy) is 1. The number of carbonyl (C=O) groups is 3. The third-order valence-electron chi connectivity index (χ3n) is 4.36. The lowest BCUT2D eigenvalue weighted by atomic mass is 10.2.